The van der Waals surface area contributed by atoms with Gasteiger partial charge >= 0.3 is 12.1 Å². The van der Waals surface area contributed by atoms with Gasteiger partial charge in [0.05, 0.1) is 0 Å². The van der Waals surface area contributed by atoms with Crippen LogP contribution < -0.4 is 10.6 Å². The number of thiol groups is 1. The molecule has 1 aromatic rings. The van der Waals surface area contributed by atoms with Crippen LogP contribution in [-0.2, 0) is 20.9 Å². The Morgan fingerprint density at radius 3 is 2.41 bits per heavy atom. The van der Waals surface area contributed by atoms with Crippen molar-refractivity contribution < 1.29 is 24.2 Å². The Bertz CT molecular complexity index is 523. The summed E-state index contributed by atoms with van der Waals surface area (Å²) in [4.78, 5) is 34.1. The lowest BCUT2D eigenvalue weighted by Crippen LogP contribution is -2.51. The van der Waals surface area contributed by atoms with Crippen LogP contribution in [0.15, 0.2) is 30.3 Å². The Hall–Kier alpha value is -2.22. The third-order valence-corrected chi connectivity index (χ3v) is 3.10. The Morgan fingerprint density at radius 1 is 1.23 bits per heavy atom. The molecule has 0 radical (unpaired) electrons. The summed E-state index contributed by atoms with van der Waals surface area (Å²) in [6, 6.07) is 7.04. The molecule has 0 fully saturated rings. The molecule has 0 spiro atoms. The normalized spacial score (nSPS) is 12.8. The van der Waals surface area contributed by atoms with Crippen LogP contribution in [0.3, 0.4) is 0 Å². The molecule has 0 aliphatic heterocycles. The van der Waals surface area contributed by atoms with E-state index in [2.05, 4.69) is 23.3 Å². The highest BCUT2D eigenvalue weighted by atomic mass is 32.1. The van der Waals surface area contributed by atoms with Crippen molar-refractivity contribution in [2.45, 2.75) is 25.6 Å². The first kappa shape index (κ1) is 17.8. The van der Waals surface area contributed by atoms with E-state index in [0.717, 1.165) is 5.56 Å². The zero-order valence-corrected chi connectivity index (χ0v) is 12.9. The third kappa shape index (κ3) is 6.04. The number of hydrogen-bond acceptors (Lipinski definition) is 5. The molecule has 7 nitrogen and oxygen atoms in total. The molecule has 0 saturated carbocycles. The number of carbonyl (C=O) groups is 3. The highest BCUT2D eigenvalue weighted by molar-refractivity contribution is 7.80. The van der Waals surface area contributed by atoms with Crippen molar-refractivity contribution in [3.63, 3.8) is 0 Å². The first-order valence-electron chi connectivity index (χ1n) is 6.55. The molecular weight excluding hydrogens is 308 g/mol. The van der Waals surface area contributed by atoms with Gasteiger partial charge < -0.3 is 20.5 Å². The van der Waals surface area contributed by atoms with Crippen LogP contribution in [0.2, 0.25) is 0 Å². The molecular formula is C14H18N2O5S. The van der Waals surface area contributed by atoms with Crippen LogP contribution in [0.5, 0.6) is 0 Å². The first-order valence-corrected chi connectivity index (χ1v) is 7.18. The van der Waals surface area contributed by atoms with Crippen molar-refractivity contribution in [2.75, 3.05) is 5.75 Å². The van der Waals surface area contributed by atoms with Crippen LogP contribution in [0.25, 0.3) is 0 Å². The summed E-state index contributed by atoms with van der Waals surface area (Å²) in [5, 5.41) is 13.4. The molecule has 0 aliphatic carbocycles. The van der Waals surface area contributed by atoms with Crippen LogP contribution in [0, 0.1) is 0 Å². The van der Waals surface area contributed by atoms with Crippen molar-refractivity contribution in [1.82, 2.24) is 10.6 Å². The van der Waals surface area contributed by atoms with Gasteiger partial charge in [-0.3, -0.25) is 4.79 Å². The zero-order valence-electron chi connectivity index (χ0n) is 12.0. The number of carboxylic acids is 1. The van der Waals surface area contributed by atoms with Crippen molar-refractivity contribution >= 4 is 30.6 Å². The predicted octanol–water partition coefficient (Wildman–Crippen LogP) is 0.800. The summed E-state index contributed by atoms with van der Waals surface area (Å²) in [6.07, 6.45) is -0.760. The molecule has 0 saturated heterocycles. The smallest absolute Gasteiger partial charge is 0.408 e. The molecule has 0 heterocycles. The minimum absolute atomic E-state index is 0.0494. The number of rotatable bonds is 7. The molecule has 0 unspecified atom stereocenters. The van der Waals surface area contributed by atoms with Crippen LogP contribution >= 0.6 is 12.6 Å². The summed E-state index contributed by atoms with van der Waals surface area (Å²) in [6.45, 7) is 1.51. The lowest BCUT2D eigenvalue weighted by molar-refractivity contribution is -0.141. The maximum Gasteiger partial charge on any atom is 0.408 e. The summed E-state index contributed by atoms with van der Waals surface area (Å²) in [5.74, 6) is -1.87. The topological polar surface area (TPSA) is 105 Å². The maximum atomic E-state index is 11.7. The van der Waals surface area contributed by atoms with Gasteiger partial charge in [0.25, 0.3) is 0 Å². The zero-order chi connectivity index (χ0) is 16.5. The molecule has 0 bridgehead atoms. The SMILES string of the molecule is C[C@H](NC(=O)OCc1ccccc1)C(=O)N[C@H](CS)C(=O)O. The number of aliphatic carboxylic acids is 1. The van der Waals surface area contributed by atoms with E-state index < -0.39 is 30.1 Å². The predicted molar refractivity (Wildman–Crippen MR) is 82.6 cm³/mol. The number of nitrogens with one attached hydrogen (secondary N) is 2. The molecule has 22 heavy (non-hydrogen) atoms. The monoisotopic (exact) mass is 326 g/mol. The van der Waals surface area contributed by atoms with E-state index in [4.69, 9.17) is 9.84 Å². The van der Waals surface area contributed by atoms with Gasteiger partial charge in [-0.1, -0.05) is 30.3 Å². The Labute approximate surface area is 133 Å². The van der Waals surface area contributed by atoms with Gasteiger partial charge in [-0.05, 0) is 12.5 Å². The van der Waals surface area contributed by atoms with Crippen LogP contribution in [0.1, 0.15) is 12.5 Å². The van der Waals surface area contributed by atoms with E-state index in [1.54, 1.807) is 12.1 Å². The van der Waals surface area contributed by atoms with Crippen molar-refractivity contribution in [3.8, 4) is 0 Å². The maximum absolute atomic E-state index is 11.7. The van der Waals surface area contributed by atoms with E-state index >= 15 is 0 Å². The molecule has 120 valence electrons. The second-order valence-corrected chi connectivity index (χ2v) is 4.87. The number of amides is 2. The number of benzene rings is 1. The standard InChI is InChI=1S/C14H18N2O5S/c1-9(12(17)16-11(8-22)13(18)19)15-14(20)21-7-10-5-3-2-4-6-10/h2-6,9,11,22H,7-8H2,1H3,(H,15,20)(H,16,17)(H,18,19)/t9-,11+/m0/s1. The summed E-state index contributed by atoms with van der Waals surface area (Å²) in [7, 11) is 0. The van der Waals surface area contributed by atoms with Gasteiger partial charge in [0.2, 0.25) is 5.91 Å². The number of hydrogen-bond donors (Lipinski definition) is 4. The molecule has 3 N–H and O–H groups in total. The lowest BCUT2D eigenvalue weighted by Gasteiger charge is -2.17. The van der Waals surface area contributed by atoms with Gasteiger partial charge in [0, 0.05) is 5.75 Å². The van der Waals surface area contributed by atoms with Crippen LogP contribution in [0.4, 0.5) is 4.79 Å². The Kier molecular flexibility index (Phi) is 7.24. The lowest BCUT2D eigenvalue weighted by atomic mass is 10.2. The minimum Gasteiger partial charge on any atom is -0.480 e. The third-order valence-electron chi connectivity index (χ3n) is 2.74. The molecule has 2 amide bonds. The molecule has 1 aromatic carbocycles. The fourth-order valence-corrected chi connectivity index (χ4v) is 1.74. The second kappa shape index (κ2) is 8.93. The van der Waals surface area contributed by atoms with E-state index in [1.807, 2.05) is 18.2 Å². The second-order valence-electron chi connectivity index (χ2n) is 4.51. The highest BCUT2D eigenvalue weighted by Crippen LogP contribution is 2.01. The molecule has 8 heteroatoms. The fourth-order valence-electron chi connectivity index (χ4n) is 1.49. The number of carbonyl (C=O) groups excluding carboxylic acids is 2. The molecule has 0 aromatic heterocycles. The summed E-state index contributed by atoms with van der Waals surface area (Å²) >= 11 is 3.83. The summed E-state index contributed by atoms with van der Waals surface area (Å²) < 4.78 is 4.97. The highest BCUT2D eigenvalue weighted by Gasteiger charge is 2.23. The minimum atomic E-state index is -1.19. The number of carboxylic acid groups (broad SMARTS) is 1. The number of alkyl carbamates (subject to hydrolysis) is 1. The molecule has 1 rings (SSSR count). The average molecular weight is 326 g/mol. The molecule has 0 aliphatic rings. The van der Waals surface area contributed by atoms with Crippen LogP contribution in [-0.4, -0.2) is 40.9 Å². The van der Waals surface area contributed by atoms with Gasteiger partial charge in [0.15, 0.2) is 0 Å². The van der Waals surface area contributed by atoms with E-state index in [0.29, 0.717) is 0 Å². The van der Waals surface area contributed by atoms with Gasteiger partial charge in [-0.2, -0.15) is 12.6 Å². The summed E-state index contributed by atoms with van der Waals surface area (Å²) in [5.41, 5.74) is 0.816. The number of ether oxygens (including phenoxy) is 1. The van der Waals surface area contributed by atoms with Gasteiger partial charge in [-0.25, -0.2) is 9.59 Å². The average Bonchev–Trinajstić information content (AvgIpc) is 2.50. The van der Waals surface area contributed by atoms with Crippen molar-refractivity contribution in [2.24, 2.45) is 0 Å². The van der Waals surface area contributed by atoms with E-state index in [1.165, 1.54) is 6.92 Å². The fraction of sp³-hybridized carbons (Fsp3) is 0.357. The Balaban J connectivity index is 2.39. The van der Waals surface area contributed by atoms with Gasteiger partial charge in [-0.15, -0.1) is 0 Å². The Morgan fingerprint density at radius 2 is 1.86 bits per heavy atom. The van der Waals surface area contributed by atoms with Crippen molar-refractivity contribution in [1.29, 1.82) is 0 Å². The van der Waals surface area contributed by atoms with E-state index in [9.17, 15) is 14.4 Å². The van der Waals surface area contributed by atoms with E-state index in [-0.39, 0.29) is 12.4 Å². The van der Waals surface area contributed by atoms with Gasteiger partial charge in [0.1, 0.15) is 18.7 Å². The first-order chi connectivity index (χ1) is 10.4. The quantitative estimate of drug-likeness (QED) is 0.555. The molecule has 2 atom stereocenters. The van der Waals surface area contributed by atoms with Crippen molar-refractivity contribution in [3.05, 3.63) is 35.9 Å². The largest absolute Gasteiger partial charge is 0.480 e.